The average molecular weight is 273 g/mol. The highest BCUT2D eigenvalue weighted by Gasteiger charge is 2.33. The van der Waals surface area contributed by atoms with E-state index in [4.69, 9.17) is 23.2 Å². The lowest BCUT2D eigenvalue weighted by atomic mass is 10.2. The molecule has 0 unspecified atom stereocenters. The highest BCUT2D eigenvalue weighted by molar-refractivity contribution is 6.31. The molecule has 1 aromatic rings. The van der Waals surface area contributed by atoms with E-state index in [0.717, 1.165) is 12.1 Å². The first kappa shape index (κ1) is 13.1. The summed E-state index contributed by atoms with van der Waals surface area (Å²) in [5, 5.41) is -0.460. The Hall–Kier alpha value is -0.940. The zero-order valence-corrected chi connectivity index (χ0v) is 9.16. The predicted molar refractivity (Wildman–Crippen MR) is 52.8 cm³/mol. The molecule has 0 aliphatic carbocycles. The fourth-order valence-corrected chi connectivity index (χ4v) is 1.22. The van der Waals surface area contributed by atoms with E-state index in [1.165, 1.54) is 0 Å². The van der Waals surface area contributed by atoms with Gasteiger partial charge in [0.2, 0.25) is 0 Å². The van der Waals surface area contributed by atoms with Crippen LogP contribution in [0.3, 0.4) is 0 Å². The zero-order chi connectivity index (χ0) is 12.3. The Morgan fingerprint density at radius 3 is 2.50 bits per heavy atom. The van der Waals surface area contributed by atoms with E-state index in [0.29, 0.717) is 6.07 Å². The molecule has 0 saturated heterocycles. The highest BCUT2D eigenvalue weighted by Crippen LogP contribution is 2.36. The van der Waals surface area contributed by atoms with Crippen molar-refractivity contribution in [3.8, 4) is 5.75 Å². The predicted octanol–water partition coefficient (Wildman–Crippen LogP) is 3.50. The molecular formula is C9H5Cl2F3O2. The Kier molecular flexibility index (Phi) is 4.04. The molecule has 0 amide bonds. The number of alkyl halides is 4. The van der Waals surface area contributed by atoms with Crippen LogP contribution in [0.15, 0.2) is 18.2 Å². The Morgan fingerprint density at radius 2 is 2.00 bits per heavy atom. The third-order valence-electron chi connectivity index (χ3n) is 1.58. The first-order chi connectivity index (χ1) is 7.34. The van der Waals surface area contributed by atoms with Crippen LogP contribution >= 0.6 is 23.2 Å². The van der Waals surface area contributed by atoms with Crippen LogP contribution in [0.5, 0.6) is 5.75 Å². The minimum absolute atomic E-state index is 0.248. The summed E-state index contributed by atoms with van der Waals surface area (Å²) < 4.78 is 41.7. The van der Waals surface area contributed by atoms with Gasteiger partial charge in [-0.3, -0.25) is 4.79 Å². The number of carbonyl (C=O) groups is 1. The van der Waals surface area contributed by atoms with Gasteiger partial charge in [-0.25, -0.2) is 0 Å². The third kappa shape index (κ3) is 3.28. The van der Waals surface area contributed by atoms with Gasteiger partial charge in [-0.05, 0) is 18.2 Å². The fraction of sp³-hybridized carbons (Fsp3) is 0.222. The summed E-state index contributed by atoms with van der Waals surface area (Å²) in [5.41, 5.74) is -1.06. The zero-order valence-electron chi connectivity index (χ0n) is 7.65. The number of esters is 1. The first-order valence-electron chi connectivity index (χ1n) is 3.98. The summed E-state index contributed by atoms with van der Waals surface area (Å²) in [6.45, 7) is 0. The number of ether oxygens (including phenoxy) is 1. The topological polar surface area (TPSA) is 26.3 Å². The molecule has 0 N–H and O–H groups in total. The lowest BCUT2D eigenvalue weighted by Crippen LogP contribution is -2.11. The summed E-state index contributed by atoms with van der Waals surface area (Å²) >= 11 is 10.5. The molecule has 1 rings (SSSR count). The second kappa shape index (κ2) is 4.93. The van der Waals surface area contributed by atoms with E-state index < -0.39 is 28.6 Å². The van der Waals surface area contributed by atoms with Gasteiger partial charge in [0.25, 0.3) is 0 Å². The first-order valence-corrected chi connectivity index (χ1v) is 4.89. The van der Waals surface area contributed by atoms with Crippen molar-refractivity contribution in [1.29, 1.82) is 0 Å². The number of halogens is 5. The van der Waals surface area contributed by atoms with E-state index in [-0.39, 0.29) is 5.75 Å². The van der Waals surface area contributed by atoms with Crippen molar-refractivity contribution in [3.05, 3.63) is 28.8 Å². The van der Waals surface area contributed by atoms with Crippen LogP contribution in [-0.2, 0) is 11.0 Å². The van der Waals surface area contributed by atoms with Gasteiger partial charge in [0.05, 0.1) is 10.6 Å². The third-order valence-corrected chi connectivity index (χ3v) is 2.13. The lowest BCUT2D eigenvalue weighted by molar-refractivity contribution is -0.138. The monoisotopic (exact) mass is 272 g/mol. The van der Waals surface area contributed by atoms with Gasteiger partial charge in [0, 0.05) is 0 Å². The van der Waals surface area contributed by atoms with Crippen LogP contribution in [-0.4, -0.2) is 11.8 Å². The largest absolute Gasteiger partial charge is 0.426 e. The minimum atomic E-state index is -4.60. The van der Waals surface area contributed by atoms with Gasteiger partial charge in [-0.1, -0.05) is 11.6 Å². The molecule has 7 heteroatoms. The van der Waals surface area contributed by atoms with Crippen molar-refractivity contribution < 1.29 is 22.7 Å². The number of hydrogen-bond acceptors (Lipinski definition) is 2. The molecule has 0 aliphatic heterocycles. The molecule has 0 radical (unpaired) electrons. The normalized spacial score (nSPS) is 11.3. The highest BCUT2D eigenvalue weighted by atomic mass is 35.5. The molecule has 0 saturated carbocycles. The van der Waals surface area contributed by atoms with Crippen LogP contribution in [0.2, 0.25) is 5.02 Å². The van der Waals surface area contributed by atoms with Gasteiger partial charge < -0.3 is 4.74 Å². The van der Waals surface area contributed by atoms with Crippen LogP contribution in [0.25, 0.3) is 0 Å². The minimum Gasteiger partial charge on any atom is -0.426 e. The number of hydrogen-bond donors (Lipinski definition) is 0. The van der Waals surface area contributed by atoms with Crippen molar-refractivity contribution in [2.24, 2.45) is 0 Å². The molecule has 0 spiro atoms. The second-order valence-electron chi connectivity index (χ2n) is 2.75. The van der Waals surface area contributed by atoms with Crippen molar-refractivity contribution in [2.45, 2.75) is 6.18 Å². The van der Waals surface area contributed by atoms with Crippen molar-refractivity contribution in [2.75, 3.05) is 5.88 Å². The molecule has 2 nitrogen and oxygen atoms in total. The van der Waals surface area contributed by atoms with Gasteiger partial charge in [0.1, 0.15) is 11.6 Å². The second-order valence-corrected chi connectivity index (χ2v) is 3.42. The Morgan fingerprint density at radius 1 is 1.38 bits per heavy atom. The van der Waals surface area contributed by atoms with E-state index in [2.05, 4.69) is 4.74 Å². The Bertz CT molecular complexity index is 404. The van der Waals surface area contributed by atoms with Crippen LogP contribution in [0.4, 0.5) is 13.2 Å². The molecule has 0 fully saturated rings. The SMILES string of the molecule is O=C(CCl)Oc1ccc(Cl)c(C(F)(F)F)c1. The summed E-state index contributed by atoms with van der Waals surface area (Å²) in [7, 11) is 0. The fourth-order valence-electron chi connectivity index (χ4n) is 0.944. The quantitative estimate of drug-likeness (QED) is 0.468. The maximum atomic E-state index is 12.4. The van der Waals surface area contributed by atoms with Gasteiger partial charge >= 0.3 is 12.1 Å². The summed E-state index contributed by atoms with van der Waals surface area (Å²) in [5.74, 6) is -1.52. The lowest BCUT2D eigenvalue weighted by Gasteiger charge is -2.10. The number of benzene rings is 1. The van der Waals surface area contributed by atoms with E-state index in [1.54, 1.807) is 0 Å². The molecule has 88 valence electrons. The molecule has 0 aliphatic rings. The van der Waals surface area contributed by atoms with Crippen LogP contribution in [0, 0.1) is 0 Å². The summed E-state index contributed by atoms with van der Waals surface area (Å²) in [4.78, 5) is 10.8. The Labute approximate surface area is 98.9 Å². The van der Waals surface area contributed by atoms with Crippen LogP contribution in [0.1, 0.15) is 5.56 Å². The molecule has 0 bridgehead atoms. The van der Waals surface area contributed by atoms with E-state index in [1.807, 2.05) is 0 Å². The van der Waals surface area contributed by atoms with Gasteiger partial charge in [0.15, 0.2) is 0 Å². The standard InChI is InChI=1S/C9H5Cl2F3O2/c10-4-8(15)16-5-1-2-7(11)6(3-5)9(12,13)14/h1-3H,4H2. The number of carbonyl (C=O) groups excluding carboxylic acids is 1. The molecule has 0 heterocycles. The van der Waals surface area contributed by atoms with Gasteiger partial charge in [-0.2, -0.15) is 13.2 Å². The number of rotatable bonds is 2. The van der Waals surface area contributed by atoms with Crippen molar-refractivity contribution in [1.82, 2.24) is 0 Å². The van der Waals surface area contributed by atoms with E-state index in [9.17, 15) is 18.0 Å². The maximum Gasteiger partial charge on any atom is 0.417 e. The molecule has 16 heavy (non-hydrogen) atoms. The van der Waals surface area contributed by atoms with E-state index >= 15 is 0 Å². The van der Waals surface area contributed by atoms with Crippen molar-refractivity contribution in [3.63, 3.8) is 0 Å². The average Bonchev–Trinajstić information content (AvgIpc) is 2.19. The summed E-state index contributed by atoms with van der Waals surface area (Å²) in [6, 6.07) is 2.80. The molecule has 1 aromatic carbocycles. The summed E-state index contributed by atoms with van der Waals surface area (Å²) in [6.07, 6.45) is -4.60. The molecule has 0 atom stereocenters. The van der Waals surface area contributed by atoms with Gasteiger partial charge in [-0.15, -0.1) is 11.6 Å². The Balaban J connectivity index is 3.03. The molecule has 0 aromatic heterocycles. The maximum absolute atomic E-state index is 12.4. The van der Waals surface area contributed by atoms with Crippen molar-refractivity contribution >= 4 is 29.2 Å². The van der Waals surface area contributed by atoms with Crippen LogP contribution < -0.4 is 4.74 Å². The smallest absolute Gasteiger partial charge is 0.417 e. The molecular weight excluding hydrogens is 268 g/mol.